The standard InChI is InChI=1S/C13H11N3O/c1-10-9-12(16-15-10)14-13(17)8-7-11-5-3-2-4-6-11/h2-6,9H,1H3,(H2,14,15,16,17). The second kappa shape index (κ2) is 4.99. The minimum Gasteiger partial charge on any atom is -0.298 e. The van der Waals surface area contributed by atoms with E-state index in [0.717, 1.165) is 11.3 Å². The molecule has 1 heterocycles. The molecule has 0 unspecified atom stereocenters. The molecule has 2 N–H and O–H groups in total. The van der Waals surface area contributed by atoms with Gasteiger partial charge in [0.05, 0.1) is 0 Å². The van der Waals surface area contributed by atoms with Crippen LogP contribution in [0.1, 0.15) is 11.3 Å². The van der Waals surface area contributed by atoms with E-state index in [9.17, 15) is 4.79 Å². The van der Waals surface area contributed by atoms with Crippen LogP contribution in [0.5, 0.6) is 0 Å². The predicted molar refractivity (Wildman–Crippen MR) is 65.3 cm³/mol. The summed E-state index contributed by atoms with van der Waals surface area (Å²) in [7, 11) is 0. The van der Waals surface area contributed by atoms with Crippen LogP contribution in [-0.2, 0) is 4.79 Å². The molecule has 0 atom stereocenters. The van der Waals surface area contributed by atoms with Crippen LogP contribution in [0.2, 0.25) is 0 Å². The molecule has 4 heteroatoms. The van der Waals surface area contributed by atoms with Gasteiger partial charge in [-0.2, -0.15) is 5.10 Å². The van der Waals surface area contributed by atoms with E-state index in [-0.39, 0.29) is 5.91 Å². The minimum atomic E-state index is -0.375. The molecular formula is C13H11N3O. The smallest absolute Gasteiger partial charge is 0.298 e. The van der Waals surface area contributed by atoms with Crippen molar-refractivity contribution in [2.75, 3.05) is 5.32 Å². The van der Waals surface area contributed by atoms with Crippen LogP contribution in [0.25, 0.3) is 0 Å². The Labute approximate surface area is 99.1 Å². The molecule has 4 nitrogen and oxygen atoms in total. The summed E-state index contributed by atoms with van der Waals surface area (Å²) in [6.07, 6.45) is 0. The normalized spacial score (nSPS) is 9.24. The van der Waals surface area contributed by atoms with Crippen LogP contribution in [0, 0.1) is 18.8 Å². The largest absolute Gasteiger partial charge is 0.301 e. The lowest BCUT2D eigenvalue weighted by Crippen LogP contribution is -2.08. The van der Waals surface area contributed by atoms with Crippen LogP contribution in [0.4, 0.5) is 5.82 Å². The summed E-state index contributed by atoms with van der Waals surface area (Å²) in [4.78, 5) is 11.5. The number of carbonyl (C=O) groups is 1. The third kappa shape index (κ3) is 3.21. The van der Waals surface area contributed by atoms with Gasteiger partial charge in [-0.15, -0.1) is 0 Å². The molecule has 1 aromatic carbocycles. The Hall–Kier alpha value is -2.54. The first-order chi connectivity index (χ1) is 8.24. The lowest BCUT2D eigenvalue weighted by atomic mass is 10.2. The molecule has 17 heavy (non-hydrogen) atoms. The fraction of sp³-hybridized carbons (Fsp3) is 0.0769. The van der Waals surface area contributed by atoms with Gasteiger partial charge in [0.15, 0.2) is 5.82 Å². The average Bonchev–Trinajstić information content (AvgIpc) is 2.73. The maximum atomic E-state index is 11.5. The second-order valence-electron chi connectivity index (χ2n) is 3.51. The average molecular weight is 225 g/mol. The molecule has 0 saturated heterocycles. The molecule has 0 spiro atoms. The number of hydrogen-bond acceptors (Lipinski definition) is 2. The first-order valence-corrected chi connectivity index (χ1v) is 5.14. The zero-order valence-corrected chi connectivity index (χ0v) is 9.32. The Balaban J connectivity index is 2.01. The summed E-state index contributed by atoms with van der Waals surface area (Å²) in [6, 6.07) is 11.1. The van der Waals surface area contributed by atoms with Crippen LogP contribution in [-0.4, -0.2) is 16.1 Å². The first kappa shape index (κ1) is 11.0. The molecule has 0 fully saturated rings. The van der Waals surface area contributed by atoms with Crippen molar-refractivity contribution in [3.05, 3.63) is 47.7 Å². The Morgan fingerprint density at radius 2 is 2.12 bits per heavy atom. The SMILES string of the molecule is Cc1cc(NC(=O)C#Cc2ccccc2)n[nH]1. The van der Waals surface area contributed by atoms with E-state index >= 15 is 0 Å². The monoisotopic (exact) mass is 225 g/mol. The van der Waals surface area contributed by atoms with Gasteiger partial charge in [-0.05, 0) is 19.1 Å². The summed E-state index contributed by atoms with van der Waals surface area (Å²) in [6.45, 7) is 1.86. The van der Waals surface area contributed by atoms with Gasteiger partial charge in [0.1, 0.15) is 0 Å². The molecule has 0 aliphatic rings. The molecule has 0 bridgehead atoms. The second-order valence-corrected chi connectivity index (χ2v) is 3.51. The molecule has 84 valence electrons. The predicted octanol–water partition coefficient (Wildman–Crippen LogP) is 1.71. The van der Waals surface area contributed by atoms with Crippen molar-refractivity contribution >= 4 is 11.7 Å². The molecule has 0 radical (unpaired) electrons. The van der Waals surface area contributed by atoms with Crippen LogP contribution >= 0.6 is 0 Å². The highest BCUT2D eigenvalue weighted by molar-refractivity contribution is 6.03. The summed E-state index contributed by atoms with van der Waals surface area (Å²) >= 11 is 0. The molecule has 0 aliphatic heterocycles. The fourth-order valence-corrected chi connectivity index (χ4v) is 1.28. The number of rotatable bonds is 1. The maximum absolute atomic E-state index is 11.5. The lowest BCUT2D eigenvalue weighted by Gasteiger charge is -1.92. The van der Waals surface area contributed by atoms with E-state index in [4.69, 9.17) is 0 Å². The molecule has 1 amide bonds. The zero-order chi connectivity index (χ0) is 12.1. The van der Waals surface area contributed by atoms with Gasteiger partial charge in [-0.25, -0.2) is 0 Å². The van der Waals surface area contributed by atoms with Crippen LogP contribution in [0.15, 0.2) is 36.4 Å². The summed E-state index contributed by atoms with van der Waals surface area (Å²) in [5.74, 6) is 5.38. The number of nitrogens with zero attached hydrogens (tertiary/aromatic N) is 1. The first-order valence-electron chi connectivity index (χ1n) is 5.14. The Bertz CT molecular complexity index is 575. The Kier molecular flexibility index (Phi) is 3.22. The number of aryl methyl sites for hydroxylation is 1. The number of aromatic amines is 1. The number of nitrogens with one attached hydrogen (secondary N) is 2. The van der Waals surface area contributed by atoms with Crippen molar-refractivity contribution in [2.24, 2.45) is 0 Å². The molecule has 2 aromatic rings. The number of anilines is 1. The third-order valence-corrected chi connectivity index (χ3v) is 2.04. The van der Waals surface area contributed by atoms with Gasteiger partial charge in [-0.3, -0.25) is 15.2 Å². The van der Waals surface area contributed by atoms with Crippen LogP contribution in [0.3, 0.4) is 0 Å². The van der Waals surface area contributed by atoms with E-state index in [1.165, 1.54) is 0 Å². The van der Waals surface area contributed by atoms with Crippen molar-refractivity contribution in [1.82, 2.24) is 10.2 Å². The van der Waals surface area contributed by atoms with Crippen molar-refractivity contribution in [3.8, 4) is 11.8 Å². The highest BCUT2D eigenvalue weighted by Crippen LogP contribution is 2.02. The minimum absolute atomic E-state index is 0.375. The molecular weight excluding hydrogens is 214 g/mol. The number of aromatic nitrogens is 2. The van der Waals surface area contributed by atoms with Gasteiger partial charge in [0.2, 0.25) is 0 Å². The van der Waals surface area contributed by atoms with Crippen LogP contribution < -0.4 is 5.32 Å². The summed E-state index contributed by atoms with van der Waals surface area (Å²) < 4.78 is 0. The number of H-pyrrole nitrogens is 1. The molecule has 0 aliphatic carbocycles. The maximum Gasteiger partial charge on any atom is 0.301 e. The molecule has 0 saturated carbocycles. The van der Waals surface area contributed by atoms with Crippen molar-refractivity contribution in [3.63, 3.8) is 0 Å². The van der Waals surface area contributed by atoms with Gasteiger partial charge in [-0.1, -0.05) is 24.1 Å². The number of amides is 1. The zero-order valence-electron chi connectivity index (χ0n) is 9.32. The highest BCUT2D eigenvalue weighted by atomic mass is 16.1. The van der Waals surface area contributed by atoms with Crippen molar-refractivity contribution in [1.29, 1.82) is 0 Å². The van der Waals surface area contributed by atoms with Crippen molar-refractivity contribution < 1.29 is 4.79 Å². The lowest BCUT2D eigenvalue weighted by molar-refractivity contribution is -0.111. The van der Waals surface area contributed by atoms with E-state index in [1.807, 2.05) is 37.3 Å². The van der Waals surface area contributed by atoms with E-state index in [1.54, 1.807) is 6.07 Å². The number of hydrogen-bond donors (Lipinski definition) is 2. The summed E-state index contributed by atoms with van der Waals surface area (Å²) in [5, 5.41) is 9.20. The van der Waals surface area contributed by atoms with Gasteiger partial charge in [0, 0.05) is 23.2 Å². The fourth-order valence-electron chi connectivity index (χ4n) is 1.28. The number of benzene rings is 1. The van der Waals surface area contributed by atoms with Crippen molar-refractivity contribution in [2.45, 2.75) is 6.92 Å². The topological polar surface area (TPSA) is 57.8 Å². The number of carbonyl (C=O) groups excluding carboxylic acids is 1. The quantitative estimate of drug-likeness (QED) is 0.726. The van der Waals surface area contributed by atoms with E-state index in [2.05, 4.69) is 27.4 Å². The third-order valence-electron chi connectivity index (χ3n) is 2.04. The Morgan fingerprint density at radius 3 is 2.76 bits per heavy atom. The molecule has 1 aromatic heterocycles. The van der Waals surface area contributed by atoms with E-state index in [0.29, 0.717) is 5.82 Å². The highest BCUT2D eigenvalue weighted by Gasteiger charge is 2.00. The van der Waals surface area contributed by atoms with Gasteiger partial charge >= 0.3 is 5.91 Å². The van der Waals surface area contributed by atoms with Gasteiger partial charge in [0.25, 0.3) is 0 Å². The summed E-state index contributed by atoms with van der Waals surface area (Å²) in [5.41, 5.74) is 1.69. The molecule has 2 rings (SSSR count). The van der Waals surface area contributed by atoms with Gasteiger partial charge < -0.3 is 0 Å². The van der Waals surface area contributed by atoms with E-state index < -0.39 is 0 Å². The Morgan fingerprint density at radius 1 is 1.35 bits per heavy atom.